The summed E-state index contributed by atoms with van der Waals surface area (Å²) in [6.45, 7) is 2.65. The van der Waals surface area contributed by atoms with Crippen molar-refractivity contribution in [2.75, 3.05) is 18.8 Å². The molecule has 5 nitrogen and oxygen atoms in total. The maximum atomic E-state index is 12.3. The van der Waals surface area contributed by atoms with Gasteiger partial charge in [-0.15, -0.1) is 0 Å². The molecule has 114 valence electrons. The lowest BCUT2D eigenvalue weighted by molar-refractivity contribution is -0.153. The zero-order valence-electron chi connectivity index (χ0n) is 12.3. The minimum Gasteiger partial charge on any atom is -0.481 e. The van der Waals surface area contributed by atoms with Gasteiger partial charge in [0.15, 0.2) is 0 Å². The second kappa shape index (κ2) is 6.16. The third kappa shape index (κ3) is 3.54. The second-order valence-corrected chi connectivity index (χ2v) is 5.98. The van der Waals surface area contributed by atoms with Crippen LogP contribution in [0.15, 0.2) is 24.3 Å². The number of hydrogen-bond acceptors (Lipinski definition) is 3. The Morgan fingerprint density at radius 3 is 2.76 bits per heavy atom. The van der Waals surface area contributed by atoms with E-state index in [4.69, 9.17) is 5.73 Å². The number of carbonyl (C=O) groups is 2. The quantitative estimate of drug-likeness (QED) is 0.830. The van der Waals surface area contributed by atoms with E-state index in [1.165, 1.54) is 0 Å². The van der Waals surface area contributed by atoms with E-state index in [1.54, 1.807) is 11.8 Å². The molecule has 0 spiro atoms. The number of piperidine rings is 1. The number of carboxylic acids is 1. The molecule has 1 unspecified atom stereocenters. The van der Waals surface area contributed by atoms with Gasteiger partial charge < -0.3 is 15.7 Å². The van der Waals surface area contributed by atoms with Crippen molar-refractivity contribution in [1.29, 1.82) is 0 Å². The van der Waals surface area contributed by atoms with Crippen molar-refractivity contribution in [2.24, 2.45) is 5.41 Å². The van der Waals surface area contributed by atoms with Crippen LogP contribution in [0.4, 0.5) is 5.69 Å². The first kappa shape index (κ1) is 15.4. The van der Waals surface area contributed by atoms with Crippen LogP contribution in [0.2, 0.25) is 0 Å². The summed E-state index contributed by atoms with van der Waals surface area (Å²) in [5.74, 6) is -0.822. The van der Waals surface area contributed by atoms with Crippen LogP contribution >= 0.6 is 0 Å². The standard InChI is InChI=1S/C16H22N2O3/c1-16(15(20)21)9-4-10-18(11-16)14(19)8-7-12-5-2-3-6-13(12)17/h2-3,5-6H,4,7-11,17H2,1H3,(H,20,21). The number of aryl methyl sites for hydroxylation is 1. The lowest BCUT2D eigenvalue weighted by Crippen LogP contribution is -2.48. The Balaban J connectivity index is 1.94. The Labute approximate surface area is 124 Å². The Morgan fingerprint density at radius 2 is 2.10 bits per heavy atom. The van der Waals surface area contributed by atoms with Crippen LogP contribution in [0.3, 0.4) is 0 Å². The van der Waals surface area contributed by atoms with Crippen molar-refractivity contribution < 1.29 is 14.7 Å². The van der Waals surface area contributed by atoms with Gasteiger partial charge in [-0.25, -0.2) is 0 Å². The number of carboxylic acid groups (broad SMARTS) is 1. The molecule has 1 aromatic rings. The van der Waals surface area contributed by atoms with E-state index >= 15 is 0 Å². The predicted octanol–water partition coefficient (Wildman–Crippen LogP) is 1.91. The van der Waals surface area contributed by atoms with Crippen LogP contribution in [-0.2, 0) is 16.0 Å². The molecule has 1 aliphatic heterocycles. The first-order chi connectivity index (χ1) is 9.92. The van der Waals surface area contributed by atoms with Gasteiger partial charge in [-0.2, -0.15) is 0 Å². The number of benzene rings is 1. The normalized spacial score (nSPS) is 22.0. The van der Waals surface area contributed by atoms with E-state index in [0.717, 1.165) is 12.0 Å². The molecule has 1 aliphatic rings. The summed E-state index contributed by atoms with van der Waals surface area (Å²) in [5, 5.41) is 9.29. The first-order valence-electron chi connectivity index (χ1n) is 7.27. The van der Waals surface area contributed by atoms with Crippen LogP contribution in [0, 0.1) is 5.41 Å². The van der Waals surface area contributed by atoms with Crippen molar-refractivity contribution >= 4 is 17.6 Å². The lowest BCUT2D eigenvalue weighted by atomic mass is 9.82. The zero-order valence-corrected chi connectivity index (χ0v) is 12.3. The van der Waals surface area contributed by atoms with Gasteiger partial charge in [-0.05, 0) is 37.8 Å². The summed E-state index contributed by atoms with van der Waals surface area (Å²) < 4.78 is 0. The SMILES string of the molecule is CC1(C(=O)O)CCCN(C(=O)CCc2ccccc2N)C1. The molecule has 0 radical (unpaired) electrons. The molecule has 1 heterocycles. The maximum absolute atomic E-state index is 12.3. The number of nitrogens with zero attached hydrogens (tertiary/aromatic N) is 1. The van der Waals surface area contributed by atoms with Crippen LogP contribution in [-0.4, -0.2) is 35.0 Å². The molecule has 1 aromatic carbocycles. The molecule has 3 N–H and O–H groups in total. The average molecular weight is 290 g/mol. The molecule has 1 saturated heterocycles. The van der Waals surface area contributed by atoms with Gasteiger partial charge in [0.25, 0.3) is 0 Å². The summed E-state index contributed by atoms with van der Waals surface area (Å²) in [7, 11) is 0. The van der Waals surface area contributed by atoms with E-state index in [9.17, 15) is 14.7 Å². The van der Waals surface area contributed by atoms with Crippen LogP contribution in [0.1, 0.15) is 31.7 Å². The predicted molar refractivity (Wildman–Crippen MR) is 80.7 cm³/mol. The summed E-state index contributed by atoms with van der Waals surface area (Å²) in [6, 6.07) is 7.50. The number of anilines is 1. The van der Waals surface area contributed by atoms with Gasteiger partial charge in [0.2, 0.25) is 5.91 Å². The van der Waals surface area contributed by atoms with E-state index in [-0.39, 0.29) is 5.91 Å². The summed E-state index contributed by atoms with van der Waals surface area (Å²) in [5.41, 5.74) is 6.70. The maximum Gasteiger partial charge on any atom is 0.311 e. The molecule has 1 fully saturated rings. The summed E-state index contributed by atoms with van der Waals surface area (Å²) in [4.78, 5) is 25.3. The fourth-order valence-electron chi connectivity index (χ4n) is 2.79. The minimum absolute atomic E-state index is 0.00503. The molecule has 0 saturated carbocycles. The average Bonchev–Trinajstić information content (AvgIpc) is 2.46. The Morgan fingerprint density at radius 1 is 1.38 bits per heavy atom. The molecule has 2 rings (SSSR count). The van der Waals surface area contributed by atoms with Crippen LogP contribution in [0.25, 0.3) is 0 Å². The number of nitrogens with two attached hydrogens (primary N) is 1. The topological polar surface area (TPSA) is 83.6 Å². The highest BCUT2D eigenvalue weighted by Gasteiger charge is 2.39. The van der Waals surface area contributed by atoms with Gasteiger partial charge in [0, 0.05) is 25.2 Å². The lowest BCUT2D eigenvalue weighted by Gasteiger charge is -2.37. The number of likely N-dealkylation sites (tertiary alicyclic amines) is 1. The van der Waals surface area contributed by atoms with E-state index in [1.807, 2.05) is 24.3 Å². The molecule has 0 aromatic heterocycles. The fourth-order valence-corrected chi connectivity index (χ4v) is 2.79. The Bertz CT molecular complexity index is 544. The number of aliphatic carboxylic acids is 1. The largest absolute Gasteiger partial charge is 0.481 e. The second-order valence-electron chi connectivity index (χ2n) is 5.98. The first-order valence-corrected chi connectivity index (χ1v) is 7.27. The monoisotopic (exact) mass is 290 g/mol. The molecular formula is C16H22N2O3. The van der Waals surface area contributed by atoms with Gasteiger partial charge in [0.05, 0.1) is 5.41 Å². The van der Waals surface area contributed by atoms with Crippen molar-refractivity contribution in [3.8, 4) is 0 Å². The van der Waals surface area contributed by atoms with Gasteiger partial charge in [-0.1, -0.05) is 18.2 Å². The number of amides is 1. The van der Waals surface area contributed by atoms with Gasteiger partial charge in [-0.3, -0.25) is 9.59 Å². The third-order valence-electron chi connectivity index (χ3n) is 4.23. The molecule has 0 aliphatic carbocycles. The molecule has 0 bridgehead atoms. The smallest absolute Gasteiger partial charge is 0.311 e. The third-order valence-corrected chi connectivity index (χ3v) is 4.23. The van der Waals surface area contributed by atoms with Gasteiger partial charge >= 0.3 is 5.97 Å². The number of rotatable bonds is 4. The minimum atomic E-state index is -0.827. The molecule has 5 heteroatoms. The molecular weight excluding hydrogens is 268 g/mol. The number of nitrogen functional groups attached to an aromatic ring is 1. The number of carbonyl (C=O) groups excluding carboxylic acids is 1. The van der Waals surface area contributed by atoms with Crippen LogP contribution < -0.4 is 5.73 Å². The molecule has 1 atom stereocenters. The molecule has 21 heavy (non-hydrogen) atoms. The molecule has 1 amide bonds. The van der Waals surface area contributed by atoms with E-state index in [0.29, 0.717) is 38.0 Å². The van der Waals surface area contributed by atoms with Crippen molar-refractivity contribution in [1.82, 2.24) is 4.90 Å². The Kier molecular flexibility index (Phi) is 4.50. The van der Waals surface area contributed by atoms with Crippen molar-refractivity contribution in [3.05, 3.63) is 29.8 Å². The highest BCUT2D eigenvalue weighted by Crippen LogP contribution is 2.30. The van der Waals surface area contributed by atoms with E-state index in [2.05, 4.69) is 0 Å². The zero-order chi connectivity index (χ0) is 15.5. The van der Waals surface area contributed by atoms with Crippen molar-refractivity contribution in [2.45, 2.75) is 32.6 Å². The highest BCUT2D eigenvalue weighted by atomic mass is 16.4. The summed E-state index contributed by atoms with van der Waals surface area (Å²) in [6.07, 6.45) is 2.31. The number of hydrogen-bond donors (Lipinski definition) is 2. The number of para-hydroxylation sites is 1. The highest BCUT2D eigenvalue weighted by molar-refractivity contribution is 5.79. The van der Waals surface area contributed by atoms with Crippen LogP contribution in [0.5, 0.6) is 0 Å². The Hall–Kier alpha value is -2.04. The fraction of sp³-hybridized carbons (Fsp3) is 0.500. The van der Waals surface area contributed by atoms with Crippen molar-refractivity contribution in [3.63, 3.8) is 0 Å². The van der Waals surface area contributed by atoms with Gasteiger partial charge in [0.1, 0.15) is 0 Å². The van der Waals surface area contributed by atoms with E-state index < -0.39 is 11.4 Å². The summed E-state index contributed by atoms with van der Waals surface area (Å²) >= 11 is 0.